The number of aliphatic hydroxyl groups is 1. The first-order valence-corrected chi connectivity index (χ1v) is 7.13. The Bertz CT molecular complexity index is 393. The third-order valence-corrected chi connectivity index (χ3v) is 3.26. The summed E-state index contributed by atoms with van der Waals surface area (Å²) in [6, 6.07) is 4.88. The van der Waals surface area contributed by atoms with E-state index in [-0.39, 0.29) is 0 Å². The second-order valence-electron chi connectivity index (χ2n) is 6.01. The van der Waals surface area contributed by atoms with Gasteiger partial charge in [0, 0.05) is 31.9 Å². The first-order chi connectivity index (χ1) is 8.98. The summed E-state index contributed by atoms with van der Waals surface area (Å²) < 4.78 is 0. The minimum Gasteiger partial charge on any atom is -0.389 e. The molecule has 0 aliphatic heterocycles. The fourth-order valence-corrected chi connectivity index (χ4v) is 2.08. The topological polar surface area (TPSA) is 48.4 Å². The SMILES string of the molecule is CCN(CC(C)(C)O)c1ccc(CNC2CC2)cn1. The average molecular weight is 263 g/mol. The molecule has 4 heteroatoms. The number of aromatic nitrogens is 1. The summed E-state index contributed by atoms with van der Waals surface area (Å²) in [5.41, 5.74) is 0.513. The molecule has 106 valence electrons. The van der Waals surface area contributed by atoms with Crippen LogP contribution in [-0.4, -0.2) is 34.8 Å². The van der Waals surface area contributed by atoms with Gasteiger partial charge in [0.1, 0.15) is 5.82 Å². The average Bonchev–Trinajstić information content (AvgIpc) is 3.17. The van der Waals surface area contributed by atoms with Crippen LogP contribution < -0.4 is 10.2 Å². The van der Waals surface area contributed by atoms with Crippen molar-refractivity contribution in [2.75, 3.05) is 18.0 Å². The fraction of sp³-hybridized carbons (Fsp3) is 0.667. The van der Waals surface area contributed by atoms with Crippen LogP contribution in [0.2, 0.25) is 0 Å². The quantitative estimate of drug-likeness (QED) is 0.789. The largest absolute Gasteiger partial charge is 0.389 e. The maximum absolute atomic E-state index is 9.91. The van der Waals surface area contributed by atoms with Gasteiger partial charge in [-0.3, -0.25) is 0 Å². The molecule has 1 saturated carbocycles. The van der Waals surface area contributed by atoms with E-state index < -0.39 is 5.60 Å². The molecule has 1 aliphatic carbocycles. The van der Waals surface area contributed by atoms with E-state index in [1.165, 1.54) is 18.4 Å². The lowest BCUT2D eigenvalue weighted by atomic mass is 10.1. The molecule has 1 aromatic heterocycles. The van der Waals surface area contributed by atoms with E-state index in [0.717, 1.165) is 24.9 Å². The number of pyridine rings is 1. The molecule has 0 bridgehead atoms. The predicted molar refractivity (Wildman–Crippen MR) is 78.3 cm³/mol. The molecule has 0 saturated heterocycles. The smallest absolute Gasteiger partial charge is 0.128 e. The number of hydrogen-bond donors (Lipinski definition) is 2. The van der Waals surface area contributed by atoms with E-state index in [0.29, 0.717) is 6.54 Å². The number of likely N-dealkylation sites (N-methyl/N-ethyl adjacent to an activating group) is 1. The zero-order valence-electron chi connectivity index (χ0n) is 12.2. The molecule has 0 radical (unpaired) electrons. The third-order valence-electron chi connectivity index (χ3n) is 3.26. The van der Waals surface area contributed by atoms with Gasteiger partial charge in [0.15, 0.2) is 0 Å². The van der Waals surface area contributed by atoms with Crippen molar-refractivity contribution in [3.63, 3.8) is 0 Å². The maximum Gasteiger partial charge on any atom is 0.128 e. The minimum absolute atomic E-state index is 0.593. The first-order valence-electron chi connectivity index (χ1n) is 7.13. The lowest BCUT2D eigenvalue weighted by Gasteiger charge is -2.29. The first kappa shape index (κ1) is 14.3. The van der Waals surface area contributed by atoms with E-state index in [1.807, 2.05) is 26.1 Å². The van der Waals surface area contributed by atoms with E-state index in [9.17, 15) is 5.11 Å². The van der Waals surface area contributed by atoms with E-state index in [2.05, 4.69) is 28.2 Å². The predicted octanol–water partition coefficient (Wildman–Crippen LogP) is 1.93. The van der Waals surface area contributed by atoms with Crippen LogP contribution in [-0.2, 0) is 6.54 Å². The second kappa shape index (κ2) is 5.88. The van der Waals surface area contributed by atoms with Crippen LogP contribution in [0.25, 0.3) is 0 Å². The van der Waals surface area contributed by atoms with Gasteiger partial charge >= 0.3 is 0 Å². The van der Waals surface area contributed by atoms with E-state index >= 15 is 0 Å². The van der Waals surface area contributed by atoms with Gasteiger partial charge in [-0.15, -0.1) is 0 Å². The number of nitrogens with one attached hydrogen (secondary N) is 1. The van der Waals surface area contributed by atoms with Gasteiger partial charge in [0.2, 0.25) is 0 Å². The molecule has 1 fully saturated rings. The van der Waals surface area contributed by atoms with Crippen molar-refractivity contribution in [1.29, 1.82) is 0 Å². The van der Waals surface area contributed by atoms with Gasteiger partial charge in [-0.05, 0) is 45.2 Å². The van der Waals surface area contributed by atoms with Crippen LogP contribution >= 0.6 is 0 Å². The van der Waals surface area contributed by atoms with Gasteiger partial charge in [0.05, 0.1) is 5.60 Å². The summed E-state index contributed by atoms with van der Waals surface area (Å²) in [5.74, 6) is 0.930. The molecular weight excluding hydrogens is 238 g/mol. The van der Waals surface area contributed by atoms with Crippen LogP contribution in [0.1, 0.15) is 39.2 Å². The van der Waals surface area contributed by atoms with Crippen molar-refractivity contribution in [2.45, 2.75) is 51.8 Å². The number of hydrogen-bond acceptors (Lipinski definition) is 4. The van der Waals surface area contributed by atoms with Crippen molar-refractivity contribution in [1.82, 2.24) is 10.3 Å². The molecule has 0 aromatic carbocycles. The summed E-state index contributed by atoms with van der Waals surface area (Å²) in [4.78, 5) is 6.60. The highest BCUT2D eigenvalue weighted by Crippen LogP contribution is 2.20. The molecule has 0 amide bonds. The number of nitrogens with zero attached hydrogens (tertiary/aromatic N) is 2. The minimum atomic E-state index is -0.704. The molecule has 0 unspecified atom stereocenters. The van der Waals surface area contributed by atoms with Crippen molar-refractivity contribution < 1.29 is 5.11 Å². The molecular formula is C15H25N3O. The van der Waals surface area contributed by atoms with Gasteiger partial charge in [-0.2, -0.15) is 0 Å². The van der Waals surface area contributed by atoms with E-state index in [4.69, 9.17) is 0 Å². The Balaban J connectivity index is 1.94. The Labute approximate surface area is 115 Å². The lowest BCUT2D eigenvalue weighted by molar-refractivity contribution is 0.0874. The summed E-state index contributed by atoms with van der Waals surface area (Å²) >= 11 is 0. The van der Waals surface area contributed by atoms with Gasteiger partial charge in [-0.1, -0.05) is 6.07 Å². The summed E-state index contributed by atoms with van der Waals surface area (Å²) in [5, 5.41) is 13.4. The molecule has 2 N–H and O–H groups in total. The fourth-order valence-electron chi connectivity index (χ4n) is 2.08. The lowest BCUT2D eigenvalue weighted by Crippen LogP contribution is -2.39. The summed E-state index contributed by atoms with van der Waals surface area (Å²) in [6.07, 6.45) is 4.54. The van der Waals surface area contributed by atoms with Gasteiger partial charge < -0.3 is 15.3 Å². The molecule has 19 heavy (non-hydrogen) atoms. The Morgan fingerprint density at radius 2 is 2.16 bits per heavy atom. The van der Waals surface area contributed by atoms with Crippen LogP contribution in [0.4, 0.5) is 5.82 Å². The Morgan fingerprint density at radius 3 is 2.63 bits per heavy atom. The Morgan fingerprint density at radius 1 is 1.42 bits per heavy atom. The highest BCUT2D eigenvalue weighted by atomic mass is 16.3. The highest BCUT2D eigenvalue weighted by Gasteiger charge is 2.20. The molecule has 2 rings (SSSR count). The number of rotatable bonds is 7. The molecule has 0 spiro atoms. The zero-order chi connectivity index (χ0) is 13.9. The van der Waals surface area contributed by atoms with E-state index in [1.54, 1.807) is 0 Å². The van der Waals surface area contributed by atoms with Crippen LogP contribution in [0, 0.1) is 0 Å². The van der Waals surface area contributed by atoms with Gasteiger partial charge in [-0.25, -0.2) is 4.98 Å². The zero-order valence-corrected chi connectivity index (χ0v) is 12.2. The van der Waals surface area contributed by atoms with Crippen LogP contribution in [0.15, 0.2) is 18.3 Å². The second-order valence-corrected chi connectivity index (χ2v) is 6.01. The molecule has 1 heterocycles. The van der Waals surface area contributed by atoms with Crippen molar-refractivity contribution in [2.24, 2.45) is 0 Å². The number of anilines is 1. The van der Waals surface area contributed by atoms with Gasteiger partial charge in [0.25, 0.3) is 0 Å². The Kier molecular flexibility index (Phi) is 4.42. The van der Waals surface area contributed by atoms with Crippen LogP contribution in [0.3, 0.4) is 0 Å². The molecule has 1 aromatic rings. The standard InChI is InChI=1S/C15H25N3O/c1-4-18(11-15(2,3)19)14-8-5-12(10-17-14)9-16-13-6-7-13/h5,8,10,13,16,19H,4,6-7,9,11H2,1-3H3. The van der Waals surface area contributed by atoms with Crippen molar-refractivity contribution in [3.8, 4) is 0 Å². The molecule has 4 nitrogen and oxygen atoms in total. The summed E-state index contributed by atoms with van der Waals surface area (Å²) in [6.45, 7) is 8.06. The normalized spacial score (nSPS) is 15.6. The van der Waals surface area contributed by atoms with Crippen molar-refractivity contribution in [3.05, 3.63) is 23.9 Å². The van der Waals surface area contributed by atoms with Crippen molar-refractivity contribution >= 4 is 5.82 Å². The molecule has 0 atom stereocenters. The van der Waals surface area contributed by atoms with Crippen LogP contribution in [0.5, 0.6) is 0 Å². The monoisotopic (exact) mass is 263 g/mol. The highest BCUT2D eigenvalue weighted by molar-refractivity contribution is 5.39. The third kappa shape index (κ3) is 4.80. The Hall–Kier alpha value is -1.13. The molecule has 1 aliphatic rings. The maximum atomic E-state index is 9.91. The summed E-state index contributed by atoms with van der Waals surface area (Å²) in [7, 11) is 0.